The molecule has 0 saturated carbocycles. The summed E-state index contributed by atoms with van der Waals surface area (Å²) >= 11 is 0. The van der Waals surface area contributed by atoms with Gasteiger partial charge in [-0.15, -0.1) is 0 Å². The van der Waals surface area contributed by atoms with Crippen molar-refractivity contribution in [3.05, 3.63) is 107 Å². The molecule has 0 aromatic heterocycles. The van der Waals surface area contributed by atoms with E-state index in [2.05, 4.69) is 5.32 Å². The Morgan fingerprint density at radius 3 is 2.47 bits per heavy atom. The highest BCUT2D eigenvalue weighted by atomic mass is 19.1. The Labute approximate surface area is 209 Å². The predicted octanol–water partition coefficient (Wildman–Crippen LogP) is 6.76. The molecule has 4 aromatic rings. The summed E-state index contributed by atoms with van der Waals surface area (Å²) in [7, 11) is 1.36. The van der Waals surface area contributed by atoms with E-state index in [0.29, 0.717) is 29.9 Å². The molecule has 184 valence electrons. The molecule has 36 heavy (non-hydrogen) atoms. The van der Waals surface area contributed by atoms with E-state index in [9.17, 15) is 14.0 Å². The molecule has 0 fully saturated rings. The van der Waals surface area contributed by atoms with Gasteiger partial charge in [-0.3, -0.25) is 9.59 Å². The molecule has 0 aliphatic carbocycles. The number of benzene rings is 4. The molecule has 0 radical (unpaired) electrons. The smallest absolute Gasteiger partial charge is 0.305 e. The van der Waals surface area contributed by atoms with Gasteiger partial charge in [-0.05, 0) is 65.9 Å². The van der Waals surface area contributed by atoms with E-state index >= 15 is 0 Å². The average Bonchev–Trinajstić information content (AvgIpc) is 2.88. The van der Waals surface area contributed by atoms with Crippen LogP contribution < -0.4 is 10.1 Å². The zero-order valence-corrected chi connectivity index (χ0v) is 20.3. The molecule has 0 aliphatic heterocycles. The quantitative estimate of drug-likeness (QED) is 0.266. The third-order valence-corrected chi connectivity index (χ3v) is 6.05. The topological polar surface area (TPSA) is 64.6 Å². The molecule has 6 heteroatoms. The lowest BCUT2D eigenvalue weighted by atomic mass is 9.98. The van der Waals surface area contributed by atoms with Crippen LogP contribution >= 0.6 is 0 Å². The van der Waals surface area contributed by atoms with Crippen LogP contribution in [0.5, 0.6) is 11.5 Å². The Balaban J connectivity index is 1.60. The Morgan fingerprint density at radius 2 is 1.67 bits per heavy atom. The van der Waals surface area contributed by atoms with Crippen LogP contribution in [0.3, 0.4) is 0 Å². The molecule has 0 aliphatic rings. The minimum absolute atomic E-state index is 0.251. The molecule has 5 nitrogen and oxygen atoms in total. The first-order valence-electron chi connectivity index (χ1n) is 11.9. The predicted molar refractivity (Wildman–Crippen MR) is 138 cm³/mol. The number of ether oxygens (including phenoxy) is 2. The second kappa shape index (κ2) is 11.5. The summed E-state index contributed by atoms with van der Waals surface area (Å²) in [6.45, 7) is 1.95. The van der Waals surface area contributed by atoms with Gasteiger partial charge in [-0.25, -0.2) is 4.39 Å². The summed E-state index contributed by atoms with van der Waals surface area (Å²) in [5, 5.41) is 5.29. The van der Waals surface area contributed by atoms with E-state index in [4.69, 9.17) is 9.47 Å². The van der Waals surface area contributed by atoms with Crippen molar-refractivity contribution in [2.45, 2.75) is 32.2 Å². The summed E-state index contributed by atoms with van der Waals surface area (Å²) in [5.41, 5.74) is 2.25. The fraction of sp³-hybridized carbons (Fsp3) is 0.200. The molecule has 1 atom stereocenters. The van der Waals surface area contributed by atoms with Crippen LogP contribution in [0.25, 0.3) is 10.8 Å². The first kappa shape index (κ1) is 24.9. The monoisotopic (exact) mass is 485 g/mol. The number of amides is 1. The fourth-order valence-electron chi connectivity index (χ4n) is 4.22. The molecule has 0 saturated heterocycles. The van der Waals surface area contributed by atoms with Crippen molar-refractivity contribution in [1.82, 2.24) is 5.32 Å². The second-order valence-corrected chi connectivity index (χ2v) is 8.57. The summed E-state index contributed by atoms with van der Waals surface area (Å²) in [6, 6.07) is 24.9. The molecule has 4 aromatic carbocycles. The van der Waals surface area contributed by atoms with Crippen molar-refractivity contribution in [3.8, 4) is 11.5 Å². The minimum Gasteiger partial charge on any atom is -0.469 e. The molecule has 0 spiro atoms. The lowest BCUT2D eigenvalue weighted by Gasteiger charge is -2.19. The van der Waals surface area contributed by atoms with Crippen LogP contribution in [0.1, 0.15) is 47.3 Å². The highest BCUT2D eigenvalue weighted by Gasteiger charge is 2.18. The zero-order chi connectivity index (χ0) is 25.5. The van der Waals surface area contributed by atoms with Crippen molar-refractivity contribution >= 4 is 22.6 Å². The lowest BCUT2D eigenvalue weighted by Crippen LogP contribution is -2.27. The van der Waals surface area contributed by atoms with Gasteiger partial charge in [0.1, 0.15) is 17.3 Å². The maximum Gasteiger partial charge on any atom is 0.305 e. The first-order valence-corrected chi connectivity index (χ1v) is 11.9. The van der Waals surface area contributed by atoms with Gasteiger partial charge in [0.05, 0.1) is 13.2 Å². The van der Waals surface area contributed by atoms with E-state index in [1.165, 1.54) is 19.2 Å². The van der Waals surface area contributed by atoms with Crippen molar-refractivity contribution in [1.29, 1.82) is 0 Å². The first-order chi connectivity index (χ1) is 17.4. The third-order valence-electron chi connectivity index (χ3n) is 6.05. The molecular formula is C30H28FNO4. The number of fused-ring (bicyclic) bond motifs is 1. The van der Waals surface area contributed by atoms with Gasteiger partial charge < -0.3 is 14.8 Å². The van der Waals surface area contributed by atoms with E-state index in [-0.39, 0.29) is 24.3 Å². The zero-order valence-electron chi connectivity index (χ0n) is 20.3. The largest absolute Gasteiger partial charge is 0.469 e. The van der Waals surface area contributed by atoms with Crippen LogP contribution in [-0.2, 0) is 16.0 Å². The molecular weight excluding hydrogens is 457 g/mol. The van der Waals surface area contributed by atoms with E-state index in [1.54, 1.807) is 24.3 Å². The summed E-state index contributed by atoms with van der Waals surface area (Å²) in [5.74, 6) is -0.206. The number of halogens is 1. The van der Waals surface area contributed by atoms with E-state index in [0.717, 1.165) is 21.9 Å². The highest BCUT2D eigenvalue weighted by molar-refractivity contribution is 5.97. The number of hydrogen-bond donors (Lipinski definition) is 1. The van der Waals surface area contributed by atoms with Gasteiger partial charge in [-0.1, -0.05) is 54.6 Å². The molecule has 1 amide bonds. The lowest BCUT2D eigenvalue weighted by molar-refractivity contribution is -0.140. The van der Waals surface area contributed by atoms with Crippen LogP contribution in [0.15, 0.2) is 84.9 Å². The Kier molecular flexibility index (Phi) is 7.95. The standard InChI is InChI=1S/C30H28FNO4/c1-20(26-14-5-9-21-8-3-4-13-27(21)26)32-30(34)28-19-25(36-24-12-7-11-23(31)18-24)17-16-22(28)10-6-15-29(33)35-2/h3-5,7-9,11-14,16-20H,6,10,15H2,1-2H3,(H,32,34). The van der Waals surface area contributed by atoms with Crippen LogP contribution in [0, 0.1) is 5.82 Å². The second-order valence-electron chi connectivity index (χ2n) is 8.57. The fourth-order valence-corrected chi connectivity index (χ4v) is 4.22. The summed E-state index contributed by atoms with van der Waals surface area (Å²) < 4.78 is 24.2. The maximum absolute atomic E-state index is 13.6. The number of aryl methyl sites for hydroxylation is 1. The SMILES string of the molecule is COC(=O)CCCc1ccc(Oc2cccc(F)c2)cc1C(=O)NC(C)c1cccc2ccccc12. The van der Waals surface area contributed by atoms with Crippen LogP contribution in [0.2, 0.25) is 0 Å². The number of carbonyl (C=O) groups is 2. The van der Waals surface area contributed by atoms with Gasteiger partial charge in [0.2, 0.25) is 0 Å². The molecule has 0 heterocycles. The Morgan fingerprint density at radius 1 is 0.917 bits per heavy atom. The van der Waals surface area contributed by atoms with Crippen LogP contribution in [0.4, 0.5) is 4.39 Å². The molecule has 0 bridgehead atoms. The van der Waals surface area contributed by atoms with Gasteiger partial charge in [-0.2, -0.15) is 0 Å². The number of rotatable bonds is 9. The third kappa shape index (κ3) is 6.08. The minimum atomic E-state index is -0.409. The number of nitrogens with one attached hydrogen (secondary N) is 1. The number of hydrogen-bond acceptors (Lipinski definition) is 4. The normalized spacial score (nSPS) is 11.6. The highest BCUT2D eigenvalue weighted by Crippen LogP contribution is 2.28. The van der Waals surface area contributed by atoms with Gasteiger partial charge >= 0.3 is 5.97 Å². The van der Waals surface area contributed by atoms with Crippen molar-refractivity contribution in [3.63, 3.8) is 0 Å². The maximum atomic E-state index is 13.6. The Hall–Kier alpha value is -4.19. The van der Waals surface area contributed by atoms with Gasteiger partial charge in [0.25, 0.3) is 5.91 Å². The molecule has 4 rings (SSSR count). The average molecular weight is 486 g/mol. The van der Waals surface area contributed by atoms with Gasteiger partial charge in [0, 0.05) is 18.1 Å². The number of carbonyl (C=O) groups excluding carboxylic acids is 2. The van der Waals surface area contributed by atoms with E-state index in [1.807, 2.05) is 55.5 Å². The van der Waals surface area contributed by atoms with Gasteiger partial charge in [0.15, 0.2) is 0 Å². The number of methoxy groups -OCH3 is 1. The van der Waals surface area contributed by atoms with Crippen molar-refractivity contribution < 1.29 is 23.5 Å². The van der Waals surface area contributed by atoms with Crippen molar-refractivity contribution in [2.24, 2.45) is 0 Å². The molecule has 1 unspecified atom stereocenters. The van der Waals surface area contributed by atoms with Crippen molar-refractivity contribution in [2.75, 3.05) is 7.11 Å². The summed E-state index contributed by atoms with van der Waals surface area (Å²) in [6.07, 6.45) is 1.31. The summed E-state index contributed by atoms with van der Waals surface area (Å²) in [4.78, 5) is 25.0. The number of esters is 1. The van der Waals surface area contributed by atoms with E-state index < -0.39 is 5.82 Å². The Bertz CT molecular complexity index is 1380. The van der Waals surface area contributed by atoms with Crippen LogP contribution in [-0.4, -0.2) is 19.0 Å². The molecule has 1 N–H and O–H groups in total.